The zero-order valence-electron chi connectivity index (χ0n) is 4.02. The van der Waals surface area contributed by atoms with Gasteiger partial charge in [-0.3, -0.25) is 4.79 Å². The summed E-state index contributed by atoms with van der Waals surface area (Å²) >= 11 is 0. The number of hydrogen-bond donors (Lipinski definition) is 0. The van der Waals surface area contributed by atoms with Gasteiger partial charge in [-0.05, 0) is 0 Å². The van der Waals surface area contributed by atoms with Gasteiger partial charge in [0, 0.05) is 6.42 Å². The minimum Gasteiger partial charge on any atom is -0.637 e. The van der Waals surface area contributed by atoms with Gasteiger partial charge in [-0.15, -0.1) is 6.42 Å². The quantitative estimate of drug-likeness (QED) is 0.469. The van der Waals surface area contributed by atoms with E-state index in [0.717, 1.165) is 6.42 Å². The number of carbonyl (C=O) groups excluding carboxylic acids is 1. The third-order valence-electron chi connectivity index (χ3n) is 0.681. The van der Waals surface area contributed by atoms with Crippen LogP contribution in [-0.4, -0.2) is 5.97 Å². The molecule has 0 radical (unpaired) electrons. The molecule has 0 saturated carbocycles. The smallest absolute Gasteiger partial charge is 0.271 e. The zero-order chi connectivity index (χ0) is 4.41. The summed E-state index contributed by atoms with van der Waals surface area (Å²) in [4.78, 5) is 9.99. The molecule has 0 amide bonds. The molecule has 1 aliphatic heterocycles. The van der Waals surface area contributed by atoms with Crippen molar-refractivity contribution in [2.24, 2.45) is 0 Å². The maximum atomic E-state index is 9.99. The Hall–Kier alpha value is -1.53. The SMILES string of the molecule is O=C1CC[CH-]O1.[Rf]. The van der Waals surface area contributed by atoms with Crippen LogP contribution >= 0.6 is 0 Å². The largest absolute Gasteiger partial charge is 0.637 e. The summed E-state index contributed by atoms with van der Waals surface area (Å²) in [6, 6.07) is 0. The van der Waals surface area contributed by atoms with E-state index in [9.17, 15) is 4.79 Å². The van der Waals surface area contributed by atoms with Gasteiger partial charge in [0.05, 0.1) is 0 Å². The Balaban J connectivity index is 0.000000360. The molecule has 0 aromatic rings. The molecule has 2 nitrogen and oxygen atoms in total. The van der Waals surface area contributed by atoms with Crippen LogP contribution in [0.1, 0.15) is 12.8 Å². The predicted molar refractivity (Wildman–Crippen MR) is 19.6 cm³/mol. The van der Waals surface area contributed by atoms with E-state index < -0.39 is 0 Å². The van der Waals surface area contributed by atoms with Crippen LogP contribution in [0.4, 0.5) is 0 Å². The van der Waals surface area contributed by atoms with Crippen molar-refractivity contribution < 1.29 is 9.53 Å². The van der Waals surface area contributed by atoms with E-state index in [0.29, 0.717) is 6.42 Å². The van der Waals surface area contributed by atoms with E-state index in [-0.39, 0.29) is 5.97 Å². The normalized spacial score (nSPS) is 18.0. The molecule has 0 spiro atoms. The molecule has 0 N–H and O–H groups in total. The summed E-state index contributed by atoms with van der Waals surface area (Å²) in [5, 5.41) is 0. The molecule has 36 valence electrons. The average molecular weight is 352 g/mol. The predicted octanol–water partition coefficient (Wildman–Crippen LogP) is 0.485. The van der Waals surface area contributed by atoms with Gasteiger partial charge in [-0.1, -0.05) is 0 Å². The molecule has 0 atom stereocenters. The summed E-state index contributed by atoms with van der Waals surface area (Å²) in [7, 11) is 0. The summed E-state index contributed by atoms with van der Waals surface area (Å²) in [5.74, 6) is -0.102. The van der Waals surface area contributed by atoms with Gasteiger partial charge >= 0.3 is 0 Å². The fraction of sp³-hybridized carbons (Fsp3) is 0.500. The molecule has 1 saturated heterocycles. The molecule has 0 aromatic carbocycles. The van der Waals surface area contributed by atoms with Crippen molar-refractivity contribution in [2.75, 3.05) is 0 Å². The molecule has 1 heterocycles. The fourth-order valence-electron chi connectivity index (χ4n) is 0.388. The summed E-state index contributed by atoms with van der Waals surface area (Å²) in [5.41, 5.74) is 0. The van der Waals surface area contributed by atoms with Crippen molar-refractivity contribution in [3.63, 3.8) is 0 Å². The standard InChI is InChI=1S/C4H5O2.Rf/c5-4-2-1-3-6-4;/h3H,1-2H2;/q-1;. The van der Waals surface area contributed by atoms with Gasteiger partial charge in [0.25, 0.3) is 5.97 Å². The number of esters is 1. The first-order valence-corrected chi connectivity index (χ1v) is 1.91. The van der Waals surface area contributed by atoms with Crippen LogP contribution in [0.2, 0.25) is 0 Å². The van der Waals surface area contributed by atoms with Crippen molar-refractivity contribution in [1.82, 2.24) is 0 Å². The van der Waals surface area contributed by atoms with Gasteiger partial charge in [0.15, 0.2) is 0 Å². The van der Waals surface area contributed by atoms with E-state index in [1.54, 1.807) is 0 Å². The molecular formula is C4H5O2Rf-. The van der Waals surface area contributed by atoms with E-state index in [2.05, 4.69) is 4.74 Å². The van der Waals surface area contributed by atoms with Crippen molar-refractivity contribution in [3.05, 3.63) is 6.61 Å². The van der Waals surface area contributed by atoms with Crippen LogP contribution in [0, 0.1) is 6.61 Å². The Labute approximate surface area is 36.1 Å². The zero-order valence-corrected chi connectivity index (χ0v) is 10.4. The number of carbonyl (C=O) groups is 1. The van der Waals surface area contributed by atoms with E-state index in [4.69, 9.17) is 0 Å². The first-order chi connectivity index (χ1) is 2.89. The Morgan fingerprint density at radius 3 is 2.57 bits per heavy atom. The van der Waals surface area contributed by atoms with Gasteiger partial charge in [0.1, 0.15) is 0 Å². The first kappa shape index (κ1) is 5.47. The van der Waals surface area contributed by atoms with E-state index in [1.165, 1.54) is 6.61 Å². The second kappa shape index (κ2) is 1.80. The summed E-state index contributed by atoms with van der Waals surface area (Å²) in [6.07, 6.45) is 1.36. The Morgan fingerprint density at radius 2 is 2.43 bits per heavy atom. The van der Waals surface area contributed by atoms with Gasteiger partial charge in [0.2, 0.25) is 0 Å². The first-order valence-electron chi connectivity index (χ1n) is 1.91. The second-order valence-corrected chi connectivity index (χ2v) is 1.20. The van der Waals surface area contributed by atoms with Crippen molar-refractivity contribution in [3.8, 4) is 0 Å². The average Bonchev–Trinajstić information content (AvgIpc) is 1.86. The monoisotopic (exact) mass is 352 g/mol. The topological polar surface area (TPSA) is 26.3 Å². The van der Waals surface area contributed by atoms with Gasteiger partial charge in [-0.25, -0.2) is 0 Å². The van der Waals surface area contributed by atoms with Crippen LogP contribution in [0.3, 0.4) is 0 Å². The van der Waals surface area contributed by atoms with Crippen LogP contribution in [0.5, 0.6) is 0 Å². The Morgan fingerprint density at radius 1 is 1.71 bits per heavy atom. The molecule has 0 bridgehead atoms. The maximum absolute atomic E-state index is 9.99. The van der Waals surface area contributed by atoms with Gasteiger partial charge in [-0.2, -0.15) is 6.61 Å². The third kappa shape index (κ3) is 0.911. The molecule has 0 unspecified atom stereocenters. The third-order valence-corrected chi connectivity index (χ3v) is 0.681. The molecule has 1 rings (SSSR count). The van der Waals surface area contributed by atoms with Crippen LogP contribution in [-0.2, 0) is 9.53 Å². The molecule has 0 aromatic heterocycles. The number of rotatable bonds is 0. The Bertz CT molecular complexity index is 64.1. The second-order valence-electron chi connectivity index (χ2n) is 1.20. The van der Waals surface area contributed by atoms with Crippen LogP contribution < -0.4 is 0 Å². The fourth-order valence-corrected chi connectivity index (χ4v) is 0.388. The van der Waals surface area contributed by atoms with Crippen LogP contribution in [0.15, 0.2) is 0 Å². The van der Waals surface area contributed by atoms with Crippen LogP contribution in [0.25, 0.3) is 0 Å². The van der Waals surface area contributed by atoms with E-state index >= 15 is 0 Å². The minimum atomic E-state index is -0.102. The van der Waals surface area contributed by atoms with Crippen molar-refractivity contribution >= 4 is 5.97 Å². The summed E-state index contributed by atoms with van der Waals surface area (Å²) < 4.78 is 4.39. The Kier molecular flexibility index (Phi) is 1.41. The van der Waals surface area contributed by atoms with Crippen molar-refractivity contribution in [1.29, 1.82) is 0 Å². The number of cyclic esters (lactones) is 1. The van der Waals surface area contributed by atoms with E-state index in [1.807, 2.05) is 0 Å². The summed E-state index contributed by atoms with van der Waals surface area (Å²) in [6.45, 7) is 1.53. The molecule has 7 heavy (non-hydrogen) atoms. The molecular weight excluding hydrogens is 347 g/mol. The van der Waals surface area contributed by atoms with Crippen molar-refractivity contribution in [2.45, 2.75) is 12.8 Å². The number of hydrogen-bond acceptors (Lipinski definition) is 2. The molecule has 1 aliphatic rings. The minimum absolute atomic E-state index is 0. The number of ether oxygens (including phenoxy) is 1. The molecule has 1 fully saturated rings. The van der Waals surface area contributed by atoms with Gasteiger partial charge < -0.3 is 4.74 Å². The maximum Gasteiger partial charge on any atom is 0.271 e. The molecule has 0 aliphatic carbocycles. The molecule has 3 heteroatoms.